The van der Waals surface area contributed by atoms with Crippen molar-refractivity contribution < 1.29 is 4.39 Å². The van der Waals surface area contributed by atoms with Crippen LogP contribution in [0.3, 0.4) is 0 Å². The van der Waals surface area contributed by atoms with E-state index < -0.39 is 0 Å². The summed E-state index contributed by atoms with van der Waals surface area (Å²) in [7, 11) is 0. The first kappa shape index (κ1) is 14.0. The Kier molecular flexibility index (Phi) is 4.08. The van der Waals surface area contributed by atoms with E-state index in [1.165, 1.54) is 31.7 Å². The Morgan fingerprint density at radius 2 is 1.90 bits per heavy atom. The van der Waals surface area contributed by atoms with E-state index in [1.807, 2.05) is 13.0 Å². The second-order valence-corrected chi connectivity index (χ2v) is 6.54. The van der Waals surface area contributed by atoms with E-state index >= 15 is 0 Å². The number of hydrogen-bond acceptors (Lipinski definition) is 2. The highest BCUT2D eigenvalue weighted by Crippen LogP contribution is 2.49. The van der Waals surface area contributed by atoms with Crippen LogP contribution in [0.2, 0.25) is 0 Å². The highest BCUT2D eigenvalue weighted by Gasteiger charge is 2.41. The maximum atomic E-state index is 13.2. The SMILES string of the molecule is Cc1cc(F)ccc1C(CN)NCC(C1CC1)C1CC1. The molecule has 1 atom stereocenters. The van der Waals surface area contributed by atoms with Gasteiger partial charge in [-0.3, -0.25) is 0 Å². The van der Waals surface area contributed by atoms with Gasteiger partial charge in [0.25, 0.3) is 0 Å². The number of halogens is 1. The standard InChI is InChI=1S/C17H25FN2/c1-11-8-14(18)6-7-15(11)17(9-19)20-10-16(12-2-3-12)13-4-5-13/h6-8,12-13,16-17,20H,2-5,9-10,19H2,1H3. The Bertz CT molecular complexity index is 454. The molecule has 0 saturated heterocycles. The van der Waals surface area contributed by atoms with Crippen molar-refractivity contribution in [3.8, 4) is 0 Å². The molecule has 0 aliphatic heterocycles. The minimum atomic E-state index is -0.171. The monoisotopic (exact) mass is 276 g/mol. The van der Waals surface area contributed by atoms with Gasteiger partial charge in [0, 0.05) is 12.6 Å². The van der Waals surface area contributed by atoms with Gasteiger partial charge >= 0.3 is 0 Å². The second kappa shape index (κ2) is 5.82. The highest BCUT2D eigenvalue weighted by molar-refractivity contribution is 5.29. The number of rotatable bonds is 7. The molecule has 2 nitrogen and oxygen atoms in total. The smallest absolute Gasteiger partial charge is 0.123 e. The minimum absolute atomic E-state index is 0.149. The Morgan fingerprint density at radius 3 is 2.40 bits per heavy atom. The predicted octanol–water partition coefficient (Wildman–Crippen LogP) is 3.16. The molecule has 0 spiro atoms. The molecule has 2 fully saturated rings. The van der Waals surface area contributed by atoms with E-state index in [4.69, 9.17) is 5.73 Å². The van der Waals surface area contributed by atoms with Crippen LogP contribution in [0.4, 0.5) is 4.39 Å². The lowest BCUT2D eigenvalue weighted by atomic mass is 9.96. The van der Waals surface area contributed by atoms with Crippen LogP contribution >= 0.6 is 0 Å². The van der Waals surface area contributed by atoms with E-state index in [1.54, 1.807) is 6.07 Å². The number of hydrogen-bond donors (Lipinski definition) is 2. The van der Waals surface area contributed by atoms with Crippen LogP contribution < -0.4 is 11.1 Å². The van der Waals surface area contributed by atoms with Crippen molar-refractivity contribution in [1.82, 2.24) is 5.32 Å². The predicted molar refractivity (Wildman–Crippen MR) is 79.9 cm³/mol. The summed E-state index contributed by atoms with van der Waals surface area (Å²) in [4.78, 5) is 0. The Morgan fingerprint density at radius 1 is 1.25 bits per heavy atom. The zero-order chi connectivity index (χ0) is 14.1. The van der Waals surface area contributed by atoms with Crippen LogP contribution in [-0.4, -0.2) is 13.1 Å². The molecule has 20 heavy (non-hydrogen) atoms. The van der Waals surface area contributed by atoms with Crippen molar-refractivity contribution in [2.75, 3.05) is 13.1 Å². The summed E-state index contributed by atoms with van der Waals surface area (Å²) in [6.45, 7) is 3.59. The fraction of sp³-hybridized carbons (Fsp3) is 0.647. The normalized spacial score (nSPS) is 20.4. The van der Waals surface area contributed by atoms with Crippen molar-refractivity contribution in [1.29, 1.82) is 0 Å². The van der Waals surface area contributed by atoms with Gasteiger partial charge in [0.2, 0.25) is 0 Å². The van der Waals surface area contributed by atoms with Crippen molar-refractivity contribution in [2.45, 2.75) is 38.6 Å². The fourth-order valence-corrected chi connectivity index (χ4v) is 3.40. The zero-order valence-corrected chi connectivity index (χ0v) is 12.2. The zero-order valence-electron chi connectivity index (χ0n) is 12.2. The second-order valence-electron chi connectivity index (χ2n) is 6.54. The Hall–Kier alpha value is -0.930. The van der Waals surface area contributed by atoms with Crippen LogP contribution in [0, 0.1) is 30.5 Å². The summed E-state index contributed by atoms with van der Waals surface area (Å²) < 4.78 is 13.2. The topological polar surface area (TPSA) is 38.0 Å². The molecule has 2 aliphatic carbocycles. The highest BCUT2D eigenvalue weighted by atomic mass is 19.1. The molecule has 0 aromatic heterocycles. The quantitative estimate of drug-likeness (QED) is 0.803. The molecule has 1 aromatic carbocycles. The molecule has 0 bridgehead atoms. The van der Waals surface area contributed by atoms with Crippen LogP contribution in [0.5, 0.6) is 0 Å². The number of aryl methyl sites for hydroxylation is 1. The molecule has 1 unspecified atom stereocenters. The molecule has 0 amide bonds. The average molecular weight is 276 g/mol. The van der Waals surface area contributed by atoms with E-state index in [2.05, 4.69) is 5.32 Å². The molecule has 2 saturated carbocycles. The molecule has 3 rings (SSSR count). The number of benzene rings is 1. The van der Waals surface area contributed by atoms with Crippen molar-refractivity contribution >= 4 is 0 Å². The molecule has 1 aromatic rings. The Balaban J connectivity index is 1.63. The van der Waals surface area contributed by atoms with Gasteiger partial charge in [-0.15, -0.1) is 0 Å². The first-order valence-electron chi connectivity index (χ1n) is 7.88. The van der Waals surface area contributed by atoms with Crippen LogP contribution in [0.25, 0.3) is 0 Å². The lowest BCUT2D eigenvalue weighted by molar-refractivity contribution is 0.357. The summed E-state index contributed by atoms with van der Waals surface area (Å²) in [6, 6.07) is 5.15. The third-order valence-electron chi connectivity index (χ3n) is 4.90. The molecule has 110 valence electrons. The van der Waals surface area contributed by atoms with Gasteiger partial charge in [0.1, 0.15) is 5.82 Å². The number of nitrogens with two attached hydrogens (primary N) is 1. The van der Waals surface area contributed by atoms with Gasteiger partial charge in [-0.2, -0.15) is 0 Å². The molecule has 0 heterocycles. The lowest BCUT2D eigenvalue weighted by Gasteiger charge is -2.23. The average Bonchev–Trinajstić information content (AvgIpc) is 3.28. The van der Waals surface area contributed by atoms with Gasteiger partial charge in [-0.05, 0) is 80.2 Å². The lowest BCUT2D eigenvalue weighted by Crippen LogP contribution is -2.34. The Labute approximate surface area is 120 Å². The molecular weight excluding hydrogens is 251 g/mol. The fourth-order valence-electron chi connectivity index (χ4n) is 3.40. The largest absolute Gasteiger partial charge is 0.329 e. The maximum absolute atomic E-state index is 13.2. The summed E-state index contributed by atoms with van der Waals surface area (Å²) in [5, 5.41) is 3.64. The molecule has 2 aliphatic rings. The molecular formula is C17H25FN2. The third-order valence-corrected chi connectivity index (χ3v) is 4.90. The first-order valence-corrected chi connectivity index (χ1v) is 7.88. The van der Waals surface area contributed by atoms with Crippen LogP contribution in [0.15, 0.2) is 18.2 Å². The number of nitrogens with one attached hydrogen (secondary N) is 1. The summed E-state index contributed by atoms with van der Waals surface area (Å²) in [5.74, 6) is 2.56. The van der Waals surface area contributed by atoms with E-state index in [-0.39, 0.29) is 11.9 Å². The van der Waals surface area contributed by atoms with Gasteiger partial charge in [-0.25, -0.2) is 4.39 Å². The third kappa shape index (κ3) is 3.21. The first-order chi connectivity index (χ1) is 9.69. The van der Waals surface area contributed by atoms with Crippen molar-refractivity contribution in [2.24, 2.45) is 23.5 Å². The van der Waals surface area contributed by atoms with Gasteiger partial charge < -0.3 is 11.1 Å². The van der Waals surface area contributed by atoms with Crippen molar-refractivity contribution in [3.63, 3.8) is 0 Å². The van der Waals surface area contributed by atoms with Gasteiger partial charge in [0.15, 0.2) is 0 Å². The molecule has 0 radical (unpaired) electrons. The molecule has 3 N–H and O–H groups in total. The van der Waals surface area contributed by atoms with Crippen molar-refractivity contribution in [3.05, 3.63) is 35.1 Å². The van der Waals surface area contributed by atoms with Gasteiger partial charge in [0.05, 0.1) is 0 Å². The van der Waals surface area contributed by atoms with E-state index in [0.717, 1.165) is 35.4 Å². The minimum Gasteiger partial charge on any atom is -0.329 e. The van der Waals surface area contributed by atoms with Crippen LogP contribution in [0.1, 0.15) is 42.9 Å². The van der Waals surface area contributed by atoms with E-state index in [9.17, 15) is 4.39 Å². The van der Waals surface area contributed by atoms with E-state index in [0.29, 0.717) is 6.54 Å². The molecule has 3 heteroatoms. The van der Waals surface area contributed by atoms with Gasteiger partial charge in [-0.1, -0.05) is 6.07 Å². The summed E-state index contributed by atoms with van der Waals surface area (Å²) in [6.07, 6.45) is 5.63. The maximum Gasteiger partial charge on any atom is 0.123 e. The summed E-state index contributed by atoms with van der Waals surface area (Å²) in [5.41, 5.74) is 8.05. The van der Waals surface area contributed by atoms with Crippen LogP contribution in [-0.2, 0) is 0 Å². The summed E-state index contributed by atoms with van der Waals surface area (Å²) >= 11 is 0.